The summed E-state index contributed by atoms with van der Waals surface area (Å²) in [5.74, 6) is 0.375. The Morgan fingerprint density at radius 3 is 2.62 bits per heavy atom. The topological polar surface area (TPSA) is 69.2 Å². The van der Waals surface area contributed by atoms with Crippen LogP contribution in [0.5, 0.6) is 0 Å². The van der Waals surface area contributed by atoms with Gasteiger partial charge in [0, 0.05) is 17.7 Å². The number of nitrogens with two attached hydrogens (primary N) is 1. The first-order valence-corrected chi connectivity index (χ1v) is 5.54. The zero-order chi connectivity index (χ0) is 12.1. The zero-order valence-corrected chi connectivity index (χ0v) is 9.72. The molecule has 4 nitrogen and oxygen atoms in total. The van der Waals surface area contributed by atoms with Gasteiger partial charge in [0.15, 0.2) is 0 Å². The van der Waals surface area contributed by atoms with E-state index in [1.165, 1.54) is 6.07 Å². The lowest BCUT2D eigenvalue weighted by Crippen LogP contribution is -2.30. The van der Waals surface area contributed by atoms with E-state index in [-0.39, 0.29) is 16.7 Å². The van der Waals surface area contributed by atoms with Gasteiger partial charge < -0.3 is 5.73 Å². The minimum atomic E-state index is -0.349. The smallest absolute Gasteiger partial charge is 0.272 e. The normalized spacial score (nSPS) is 14.4. The average Bonchev–Trinajstić information content (AvgIpc) is 2.28. The lowest BCUT2D eigenvalue weighted by molar-refractivity contribution is -0.385. The maximum absolute atomic E-state index is 10.8. The fourth-order valence-corrected chi connectivity index (χ4v) is 1.62. The summed E-state index contributed by atoms with van der Waals surface area (Å²) < 4.78 is 0. The molecule has 0 saturated carbocycles. The number of rotatable bonds is 5. The molecule has 0 spiro atoms. The van der Waals surface area contributed by atoms with E-state index in [4.69, 9.17) is 5.73 Å². The number of nitro groups is 1. The highest BCUT2D eigenvalue weighted by molar-refractivity contribution is 5.40. The molecule has 0 fully saturated rings. The molecule has 2 unspecified atom stereocenters. The molecular weight excluding hydrogens is 204 g/mol. The van der Waals surface area contributed by atoms with Crippen LogP contribution in [0, 0.1) is 16.0 Å². The van der Waals surface area contributed by atoms with Crippen molar-refractivity contribution in [3.8, 4) is 0 Å². The van der Waals surface area contributed by atoms with Crippen molar-refractivity contribution in [3.63, 3.8) is 0 Å². The van der Waals surface area contributed by atoms with E-state index < -0.39 is 0 Å². The number of hydrogen-bond donors (Lipinski definition) is 1. The van der Waals surface area contributed by atoms with Crippen LogP contribution in [0.25, 0.3) is 0 Å². The third kappa shape index (κ3) is 3.03. The number of benzene rings is 1. The third-order valence-electron chi connectivity index (χ3n) is 3.02. The van der Waals surface area contributed by atoms with E-state index in [0.717, 1.165) is 12.0 Å². The lowest BCUT2D eigenvalue weighted by atomic mass is 9.93. The molecule has 2 atom stereocenters. The second kappa shape index (κ2) is 5.61. The van der Waals surface area contributed by atoms with Crippen LogP contribution < -0.4 is 5.73 Å². The Bertz CT molecular complexity index is 366. The monoisotopic (exact) mass is 222 g/mol. The molecule has 88 valence electrons. The number of nitrogens with zero attached hydrogens (tertiary/aromatic N) is 1. The van der Waals surface area contributed by atoms with Gasteiger partial charge in [0.1, 0.15) is 0 Å². The summed E-state index contributed by atoms with van der Waals surface area (Å²) in [7, 11) is 0. The molecule has 0 aliphatic rings. The van der Waals surface area contributed by atoms with Crippen LogP contribution in [-0.2, 0) is 6.42 Å². The summed E-state index contributed by atoms with van der Waals surface area (Å²) in [6.45, 7) is 4.14. The molecular formula is C12H18N2O2. The minimum absolute atomic E-state index is 0.0221. The van der Waals surface area contributed by atoms with Gasteiger partial charge in [-0.3, -0.25) is 10.1 Å². The molecule has 0 aliphatic heterocycles. The van der Waals surface area contributed by atoms with Crippen molar-refractivity contribution in [1.82, 2.24) is 0 Å². The van der Waals surface area contributed by atoms with E-state index in [1.807, 2.05) is 6.07 Å². The van der Waals surface area contributed by atoms with Gasteiger partial charge in [-0.2, -0.15) is 0 Å². The average molecular weight is 222 g/mol. The predicted molar refractivity (Wildman–Crippen MR) is 64.2 cm³/mol. The van der Waals surface area contributed by atoms with Crippen LogP contribution in [0.4, 0.5) is 5.69 Å². The van der Waals surface area contributed by atoms with Gasteiger partial charge in [-0.15, -0.1) is 0 Å². The Labute approximate surface area is 95.6 Å². The van der Waals surface area contributed by atoms with E-state index in [2.05, 4.69) is 13.8 Å². The Balaban J connectivity index is 2.84. The van der Waals surface area contributed by atoms with Crippen molar-refractivity contribution in [3.05, 3.63) is 39.9 Å². The van der Waals surface area contributed by atoms with Crippen LogP contribution in [0.3, 0.4) is 0 Å². The van der Waals surface area contributed by atoms with Crippen LogP contribution in [0.1, 0.15) is 25.8 Å². The summed E-state index contributed by atoms with van der Waals surface area (Å²) in [4.78, 5) is 10.5. The summed E-state index contributed by atoms with van der Waals surface area (Å²) in [6, 6.07) is 6.77. The predicted octanol–water partition coefficient (Wildman–Crippen LogP) is 2.51. The van der Waals surface area contributed by atoms with Crippen molar-refractivity contribution in [1.29, 1.82) is 0 Å². The summed E-state index contributed by atoms with van der Waals surface area (Å²) in [5.41, 5.74) is 6.90. The van der Waals surface area contributed by atoms with Crippen LogP contribution >= 0.6 is 0 Å². The molecule has 1 rings (SSSR count). The number of nitro benzene ring substituents is 1. The second-order valence-electron chi connectivity index (χ2n) is 4.14. The quantitative estimate of drug-likeness (QED) is 0.614. The Kier molecular flexibility index (Phi) is 4.43. The molecule has 0 heterocycles. The van der Waals surface area contributed by atoms with E-state index in [0.29, 0.717) is 12.3 Å². The molecule has 0 aromatic heterocycles. The molecule has 4 heteroatoms. The fraction of sp³-hybridized carbons (Fsp3) is 0.500. The molecule has 0 bridgehead atoms. The second-order valence-corrected chi connectivity index (χ2v) is 4.14. The highest BCUT2D eigenvalue weighted by atomic mass is 16.6. The maximum atomic E-state index is 10.8. The van der Waals surface area contributed by atoms with E-state index >= 15 is 0 Å². The van der Waals surface area contributed by atoms with Gasteiger partial charge >= 0.3 is 0 Å². The molecule has 0 amide bonds. The summed E-state index contributed by atoms with van der Waals surface area (Å²) >= 11 is 0. The number of para-hydroxylation sites is 1. The molecule has 1 aromatic carbocycles. The standard InChI is InChI=1S/C12H18N2O2/c1-3-9(2)11(13)8-10-6-4-5-7-12(10)14(15)16/h4-7,9,11H,3,8,13H2,1-2H3. The largest absolute Gasteiger partial charge is 0.327 e. The molecule has 2 N–H and O–H groups in total. The first-order valence-electron chi connectivity index (χ1n) is 5.54. The van der Waals surface area contributed by atoms with Crippen molar-refractivity contribution >= 4 is 5.69 Å². The molecule has 0 radical (unpaired) electrons. The van der Waals surface area contributed by atoms with Crippen LogP contribution in [-0.4, -0.2) is 11.0 Å². The first kappa shape index (κ1) is 12.6. The first-order chi connectivity index (χ1) is 7.56. The highest BCUT2D eigenvalue weighted by Crippen LogP contribution is 2.21. The van der Waals surface area contributed by atoms with E-state index in [1.54, 1.807) is 12.1 Å². The van der Waals surface area contributed by atoms with Crippen molar-refractivity contribution < 1.29 is 4.92 Å². The van der Waals surface area contributed by atoms with E-state index in [9.17, 15) is 10.1 Å². The Hall–Kier alpha value is -1.42. The third-order valence-corrected chi connectivity index (χ3v) is 3.02. The Morgan fingerprint density at radius 2 is 2.06 bits per heavy atom. The van der Waals surface area contributed by atoms with Crippen molar-refractivity contribution in [2.45, 2.75) is 32.7 Å². The number of hydrogen-bond acceptors (Lipinski definition) is 3. The summed E-state index contributed by atoms with van der Waals surface area (Å²) in [6.07, 6.45) is 1.55. The molecule has 0 aliphatic carbocycles. The molecule has 0 saturated heterocycles. The van der Waals surface area contributed by atoms with Gasteiger partial charge in [0.25, 0.3) is 5.69 Å². The minimum Gasteiger partial charge on any atom is -0.327 e. The van der Waals surface area contributed by atoms with Crippen molar-refractivity contribution in [2.24, 2.45) is 11.7 Å². The van der Waals surface area contributed by atoms with Gasteiger partial charge in [0.2, 0.25) is 0 Å². The fourth-order valence-electron chi connectivity index (χ4n) is 1.62. The van der Waals surface area contributed by atoms with Gasteiger partial charge in [-0.1, -0.05) is 38.5 Å². The molecule has 16 heavy (non-hydrogen) atoms. The van der Waals surface area contributed by atoms with Gasteiger partial charge in [-0.05, 0) is 12.3 Å². The zero-order valence-electron chi connectivity index (χ0n) is 9.72. The van der Waals surface area contributed by atoms with Crippen molar-refractivity contribution in [2.75, 3.05) is 0 Å². The van der Waals surface area contributed by atoms with Crippen LogP contribution in [0.15, 0.2) is 24.3 Å². The Morgan fingerprint density at radius 1 is 1.44 bits per heavy atom. The maximum Gasteiger partial charge on any atom is 0.272 e. The van der Waals surface area contributed by atoms with Gasteiger partial charge in [0.05, 0.1) is 4.92 Å². The molecule has 1 aromatic rings. The van der Waals surface area contributed by atoms with Crippen LogP contribution in [0.2, 0.25) is 0 Å². The van der Waals surface area contributed by atoms with Gasteiger partial charge in [-0.25, -0.2) is 0 Å². The SMILES string of the molecule is CCC(C)C(N)Cc1ccccc1[N+](=O)[O-]. The highest BCUT2D eigenvalue weighted by Gasteiger charge is 2.17. The summed E-state index contributed by atoms with van der Waals surface area (Å²) in [5, 5.41) is 10.8. The lowest BCUT2D eigenvalue weighted by Gasteiger charge is -2.17.